The molecule has 0 aliphatic carbocycles. The average Bonchev–Trinajstić information content (AvgIpc) is 3.16. The smallest absolute Gasteiger partial charge is 0.0708 e. The van der Waals surface area contributed by atoms with Crippen LogP contribution in [0.2, 0.25) is 0 Å². The summed E-state index contributed by atoms with van der Waals surface area (Å²) in [5, 5.41) is 14.5. The van der Waals surface area contributed by atoms with Gasteiger partial charge in [0.1, 0.15) is 0 Å². The first kappa shape index (κ1) is 26.8. The summed E-state index contributed by atoms with van der Waals surface area (Å²) in [6, 6.07) is 55.3. The highest BCUT2D eigenvalue weighted by Gasteiger charge is 2.19. The molecule has 0 atom stereocenters. The third-order valence-electron chi connectivity index (χ3n) is 9.94. The zero-order chi connectivity index (χ0) is 31.6. The molecule has 0 radical (unpaired) electrons. The van der Waals surface area contributed by atoms with Gasteiger partial charge < -0.3 is 0 Å². The number of benzene rings is 8. The van der Waals surface area contributed by atoms with Gasteiger partial charge in [0.05, 0.1) is 5.69 Å². The first-order valence-electron chi connectivity index (χ1n) is 16.4. The second-order valence-corrected chi connectivity index (χ2v) is 12.6. The first-order chi connectivity index (χ1) is 23.8. The van der Waals surface area contributed by atoms with Gasteiger partial charge in [0.25, 0.3) is 0 Å². The number of aromatic nitrogens is 2. The minimum atomic E-state index is 0.960. The second kappa shape index (κ2) is 10.6. The standard InChI is InChI=1S/C46H28N2/c1-2-10-31-24-34(18-16-29(31)8-1)45-39-13-5-6-14-40(39)46(38-15-7-11-30-9-3-4-12-36(30)38)42-25-33(20-21-41(42)45)44-26-32-17-19-35-27-47-23-22-37(35)43(32)28-48-44/h1-28H. The molecule has 0 unspecified atom stereocenters. The quantitative estimate of drug-likeness (QED) is 0.147. The highest BCUT2D eigenvalue weighted by molar-refractivity contribution is 6.24. The Bertz CT molecular complexity index is 2900. The van der Waals surface area contributed by atoms with E-state index >= 15 is 0 Å². The number of hydrogen-bond donors (Lipinski definition) is 0. The zero-order valence-corrected chi connectivity index (χ0v) is 26.1. The van der Waals surface area contributed by atoms with E-state index in [1.165, 1.54) is 76.1 Å². The van der Waals surface area contributed by atoms with Crippen molar-refractivity contribution in [2.24, 2.45) is 0 Å². The lowest BCUT2D eigenvalue weighted by atomic mass is 9.83. The molecule has 0 amide bonds. The maximum absolute atomic E-state index is 5.04. The van der Waals surface area contributed by atoms with Crippen molar-refractivity contribution in [2.45, 2.75) is 0 Å². The van der Waals surface area contributed by atoms with Crippen LogP contribution in [-0.4, -0.2) is 9.97 Å². The van der Waals surface area contributed by atoms with E-state index in [-0.39, 0.29) is 0 Å². The van der Waals surface area contributed by atoms with E-state index in [1.807, 2.05) is 18.6 Å². The largest absolute Gasteiger partial charge is 0.264 e. The molecule has 2 aromatic heterocycles. The van der Waals surface area contributed by atoms with Gasteiger partial charge in [0.15, 0.2) is 0 Å². The third kappa shape index (κ3) is 4.13. The molecule has 10 rings (SSSR count). The van der Waals surface area contributed by atoms with Crippen LogP contribution >= 0.6 is 0 Å². The van der Waals surface area contributed by atoms with Gasteiger partial charge in [-0.1, -0.05) is 127 Å². The molecule has 0 spiro atoms. The topological polar surface area (TPSA) is 25.8 Å². The molecule has 0 saturated carbocycles. The minimum Gasteiger partial charge on any atom is -0.264 e. The van der Waals surface area contributed by atoms with Gasteiger partial charge in [-0.15, -0.1) is 0 Å². The summed E-state index contributed by atoms with van der Waals surface area (Å²) >= 11 is 0. The highest BCUT2D eigenvalue weighted by atomic mass is 14.7. The fourth-order valence-corrected chi connectivity index (χ4v) is 7.68. The van der Waals surface area contributed by atoms with Crippen molar-refractivity contribution in [1.29, 1.82) is 0 Å². The lowest BCUT2D eigenvalue weighted by molar-refractivity contribution is 1.35. The van der Waals surface area contributed by atoms with E-state index < -0.39 is 0 Å². The van der Waals surface area contributed by atoms with E-state index in [9.17, 15) is 0 Å². The normalized spacial score (nSPS) is 11.8. The van der Waals surface area contributed by atoms with E-state index in [0.29, 0.717) is 0 Å². The molecular formula is C46H28N2. The van der Waals surface area contributed by atoms with Crippen LogP contribution in [0.15, 0.2) is 170 Å². The maximum atomic E-state index is 5.04. The molecule has 222 valence electrons. The zero-order valence-electron chi connectivity index (χ0n) is 26.1. The summed E-state index contributed by atoms with van der Waals surface area (Å²) in [5.74, 6) is 0. The molecule has 0 N–H and O–H groups in total. The molecule has 10 aromatic rings. The summed E-state index contributed by atoms with van der Waals surface area (Å²) in [4.78, 5) is 9.35. The molecule has 2 heterocycles. The SMILES string of the molecule is c1ccc2cc(-c3c4ccccc4c(-c4cccc5ccccc45)c4cc(-c5cc6ccc7cnccc7c6cn5)ccc34)ccc2c1. The van der Waals surface area contributed by atoms with Crippen molar-refractivity contribution in [3.8, 4) is 33.5 Å². The third-order valence-corrected chi connectivity index (χ3v) is 9.94. The summed E-state index contributed by atoms with van der Waals surface area (Å²) in [7, 11) is 0. The second-order valence-electron chi connectivity index (χ2n) is 12.6. The van der Waals surface area contributed by atoms with Gasteiger partial charge >= 0.3 is 0 Å². The van der Waals surface area contributed by atoms with Crippen LogP contribution in [0.3, 0.4) is 0 Å². The predicted molar refractivity (Wildman–Crippen MR) is 203 cm³/mol. The molecule has 0 aliphatic heterocycles. The number of rotatable bonds is 3. The van der Waals surface area contributed by atoms with Crippen LogP contribution in [0.1, 0.15) is 0 Å². The Morgan fingerprint density at radius 3 is 1.92 bits per heavy atom. The lowest BCUT2D eigenvalue weighted by Gasteiger charge is -2.20. The van der Waals surface area contributed by atoms with Crippen molar-refractivity contribution in [3.05, 3.63) is 170 Å². The number of fused-ring (bicyclic) bond motifs is 7. The molecule has 0 saturated heterocycles. The summed E-state index contributed by atoms with van der Waals surface area (Å²) in [6.45, 7) is 0. The van der Waals surface area contributed by atoms with Gasteiger partial charge in [-0.3, -0.25) is 9.97 Å². The summed E-state index contributed by atoms with van der Waals surface area (Å²) in [5.41, 5.74) is 7.03. The van der Waals surface area contributed by atoms with Gasteiger partial charge in [-0.2, -0.15) is 0 Å². The van der Waals surface area contributed by atoms with Gasteiger partial charge in [-0.05, 0) is 100 Å². The van der Waals surface area contributed by atoms with E-state index in [0.717, 1.165) is 22.0 Å². The Kier molecular flexibility index (Phi) is 5.91. The van der Waals surface area contributed by atoms with Crippen molar-refractivity contribution < 1.29 is 0 Å². The fraction of sp³-hybridized carbons (Fsp3) is 0. The van der Waals surface area contributed by atoms with Crippen molar-refractivity contribution in [1.82, 2.24) is 9.97 Å². The molecule has 2 nitrogen and oxygen atoms in total. The van der Waals surface area contributed by atoms with Crippen LogP contribution in [0, 0.1) is 0 Å². The molecule has 8 aromatic carbocycles. The molecule has 0 fully saturated rings. The monoisotopic (exact) mass is 608 g/mol. The van der Waals surface area contributed by atoms with Crippen LogP contribution in [0.4, 0.5) is 0 Å². The van der Waals surface area contributed by atoms with Gasteiger partial charge in [-0.25, -0.2) is 0 Å². The Labute approximate surface area is 277 Å². The van der Waals surface area contributed by atoms with Crippen LogP contribution in [0.25, 0.3) is 98.1 Å². The number of hydrogen-bond acceptors (Lipinski definition) is 2. The van der Waals surface area contributed by atoms with E-state index in [1.54, 1.807) is 0 Å². The molecule has 2 heteroatoms. The summed E-state index contributed by atoms with van der Waals surface area (Å²) < 4.78 is 0. The average molecular weight is 609 g/mol. The number of pyridine rings is 2. The van der Waals surface area contributed by atoms with Crippen LogP contribution < -0.4 is 0 Å². The van der Waals surface area contributed by atoms with Crippen molar-refractivity contribution in [2.75, 3.05) is 0 Å². The Morgan fingerprint density at radius 2 is 1.02 bits per heavy atom. The van der Waals surface area contributed by atoms with Gasteiger partial charge in [0.2, 0.25) is 0 Å². The van der Waals surface area contributed by atoms with E-state index in [2.05, 4.69) is 157 Å². The van der Waals surface area contributed by atoms with Crippen molar-refractivity contribution in [3.63, 3.8) is 0 Å². The predicted octanol–water partition coefficient (Wildman–Crippen LogP) is 12.4. The minimum absolute atomic E-state index is 0.960. The van der Waals surface area contributed by atoms with Crippen LogP contribution in [-0.2, 0) is 0 Å². The Morgan fingerprint density at radius 1 is 0.333 bits per heavy atom. The maximum Gasteiger partial charge on any atom is 0.0708 e. The fourth-order valence-electron chi connectivity index (χ4n) is 7.68. The Hall–Kier alpha value is -6.38. The van der Waals surface area contributed by atoms with Crippen LogP contribution in [0.5, 0.6) is 0 Å². The lowest BCUT2D eigenvalue weighted by Crippen LogP contribution is -1.93. The number of nitrogens with zero attached hydrogens (tertiary/aromatic N) is 2. The first-order valence-corrected chi connectivity index (χ1v) is 16.4. The van der Waals surface area contributed by atoms with Gasteiger partial charge in [0, 0.05) is 34.9 Å². The molecule has 0 bridgehead atoms. The molecular weight excluding hydrogens is 581 g/mol. The Balaban J connectivity index is 1.30. The highest BCUT2D eigenvalue weighted by Crippen LogP contribution is 2.46. The van der Waals surface area contributed by atoms with E-state index in [4.69, 9.17) is 4.98 Å². The molecule has 48 heavy (non-hydrogen) atoms. The summed E-state index contributed by atoms with van der Waals surface area (Å²) in [6.07, 6.45) is 5.78. The molecule has 0 aliphatic rings. The van der Waals surface area contributed by atoms with Crippen molar-refractivity contribution >= 4 is 64.6 Å².